The van der Waals surface area contributed by atoms with Crippen LogP contribution in [-0.4, -0.2) is 60.4 Å². The lowest BCUT2D eigenvalue weighted by atomic mass is 9.96. The zero-order valence-electron chi connectivity index (χ0n) is 15.1. The predicted molar refractivity (Wildman–Crippen MR) is 96.8 cm³/mol. The molecule has 1 fully saturated rings. The lowest BCUT2D eigenvalue weighted by Crippen LogP contribution is -2.42. The summed E-state index contributed by atoms with van der Waals surface area (Å²) >= 11 is 0. The van der Waals surface area contributed by atoms with E-state index in [1.807, 2.05) is 6.92 Å². The average molecular weight is 374 g/mol. The number of piperidine rings is 1. The number of anilines is 1. The van der Waals surface area contributed by atoms with Gasteiger partial charge in [-0.2, -0.15) is 0 Å². The Morgan fingerprint density at radius 3 is 2.78 bits per heavy atom. The summed E-state index contributed by atoms with van der Waals surface area (Å²) in [5.74, 6) is -0.103. The number of carbonyl (C=O) groups is 3. The van der Waals surface area contributed by atoms with Gasteiger partial charge in [0.1, 0.15) is 5.75 Å². The van der Waals surface area contributed by atoms with Crippen molar-refractivity contribution in [3.8, 4) is 5.75 Å². The fourth-order valence-corrected chi connectivity index (χ4v) is 3.34. The molecule has 9 heteroatoms. The van der Waals surface area contributed by atoms with Gasteiger partial charge in [-0.25, -0.2) is 0 Å². The maximum absolute atomic E-state index is 12.5. The van der Waals surface area contributed by atoms with E-state index in [1.54, 1.807) is 28.0 Å². The highest BCUT2D eigenvalue weighted by Crippen LogP contribution is 2.33. The van der Waals surface area contributed by atoms with Crippen molar-refractivity contribution in [3.05, 3.63) is 23.8 Å². The third-order valence-corrected chi connectivity index (χ3v) is 4.88. The predicted octanol–water partition coefficient (Wildman–Crippen LogP) is 0.552. The first-order chi connectivity index (χ1) is 13.1. The van der Waals surface area contributed by atoms with E-state index in [1.165, 1.54) is 0 Å². The fraction of sp³-hybridized carbons (Fsp3) is 0.444. The van der Waals surface area contributed by atoms with Crippen LogP contribution in [0.4, 0.5) is 5.69 Å². The minimum Gasteiger partial charge on any atom is -0.482 e. The van der Waals surface area contributed by atoms with Crippen LogP contribution in [0.25, 0.3) is 0 Å². The molecule has 9 nitrogen and oxygen atoms in total. The molecule has 2 N–H and O–H groups in total. The number of rotatable bonds is 4. The van der Waals surface area contributed by atoms with Crippen molar-refractivity contribution in [2.45, 2.75) is 19.8 Å². The van der Waals surface area contributed by atoms with E-state index in [4.69, 9.17) is 4.74 Å². The van der Waals surface area contributed by atoms with Crippen molar-refractivity contribution in [2.75, 3.05) is 31.1 Å². The first kappa shape index (κ1) is 18.7. The van der Waals surface area contributed by atoms with Crippen LogP contribution < -0.4 is 15.0 Å². The molecule has 0 radical (unpaired) electrons. The largest absolute Gasteiger partial charge is 0.482 e. The Kier molecular flexibility index (Phi) is 5.58. The summed E-state index contributed by atoms with van der Waals surface area (Å²) in [6, 6.07) is 4.99. The SMILES string of the molecule is CCN1C(=O)COc2ccc(/C(=N\O)NC(=O)C3CCN(C=O)CC3)cc21. The highest BCUT2D eigenvalue weighted by Gasteiger charge is 2.27. The van der Waals surface area contributed by atoms with Crippen LogP contribution in [0.1, 0.15) is 25.3 Å². The van der Waals surface area contributed by atoms with Crippen LogP contribution in [0.15, 0.2) is 23.4 Å². The molecule has 0 unspecified atom stereocenters. The molecule has 27 heavy (non-hydrogen) atoms. The number of nitrogens with one attached hydrogen (secondary N) is 1. The van der Waals surface area contributed by atoms with Crippen molar-refractivity contribution in [1.82, 2.24) is 10.2 Å². The Bertz CT molecular complexity index is 771. The van der Waals surface area contributed by atoms with E-state index in [0.717, 1.165) is 6.41 Å². The van der Waals surface area contributed by atoms with Crippen molar-refractivity contribution in [1.29, 1.82) is 0 Å². The molecule has 3 amide bonds. The molecule has 1 aromatic carbocycles. The van der Waals surface area contributed by atoms with Gasteiger partial charge < -0.3 is 25.1 Å². The van der Waals surface area contributed by atoms with Crippen LogP contribution >= 0.6 is 0 Å². The Morgan fingerprint density at radius 2 is 2.15 bits per heavy atom. The van der Waals surface area contributed by atoms with Gasteiger partial charge in [-0.05, 0) is 38.0 Å². The molecular formula is C18H22N4O5. The van der Waals surface area contributed by atoms with Gasteiger partial charge in [-0.3, -0.25) is 14.4 Å². The molecule has 2 heterocycles. The van der Waals surface area contributed by atoms with Crippen LogP contribution in [0.3, 0.4) is 0 Å². The van der Waals surface area contributed by atoms with Gasteiger partial charge >= 0.3 is 0 Å². The Hall–Kier alpha value is -3.10. The summed E-state index contributed by atoms with van der Waals surface area (Å²) in [6.07, 6.45) is 1.89. The van der Waals surface area contributed by atoms with E-state index in [9.17, 15) is 19.6 Å². The Labute approximate surface area is 156 Å². The second kappa shape index (κ2) is 8.07. The fourth-order valence-electron chi connectivity index (χ4n) is 3.34. The molecule has 0 spiro atoms. The van der Waals surface area contributed by atoms with E-state index in [2.05, 4.69) is 10.5 Å². The maximum atomic E-state index is 12.5. The quantitative estimate of drug-likeness (QED) is 0.263. The van der Waals surface area contributed by atoms with Crippen LogP contribution in [-0.2, 0) is 14.4 Å². The number of fused-ring (bicyclic) bond motifs is 1. The van der Waals surface area contributed by atoms with E-state index >= 15 is 0 Å². The second-order valence-electron chi connectivity index (χ2n) is 6.46. The lowest BCUT2D eigenvalue weighted by Gasteiger charge is -2.29. The number of hydrogen-bond acceptors (Lipinski definition) is 6. The standard InChI is InChI=1S/C18H22N4O5/c1-2-22-14-9-13(3-4-15(14)27-10-16(22)24)17(20-26)19-18(25)12-5-7-21(11-23)8-6-12/h3-4,9,11-12,26H,2,5-8,10H2,1H3,(H,19,20,25). The zero-order valence-corrected chi connectivity index (χ0v) is 15.1. The molecule has 2 aliphatic rings. The van der Waals surface area contributed by atoms with Crippen LogP contribution in [0, 0.1) is 5.92 Å². The smallest absolute Gasteiger partial charge is 0.265 e. The molecular weight excluding hydrogens is 352 g/mol. The molecule has 0 atom stereocenters. The number of likely N-dealkylation sites (N-methyl/N-ethyl adjacent to an activating group) is 1. The average Bonchev–Trinajstić information content (AvgIpc) is 2.71. The number of amidine groups is 1. The number of nitrogens with zero attached hydrogens (tertiary/aromatic N) is 3. The van der Waals surface area contributed by atoms with Gasteiger partial charge in [0.25, 0.3) is 5.91 Å². The molecule has 144 valence electrons. The first-order valence-electron chi connectivity index (χ1n) is 8.87. The van der Waals surface area contributed by atoms with E-state index in [-0.39, 0.29) is 30.2 Å². The maximum Gasteiger partial charge on any atom is 0.265 e. The molecule has 1 aromatic rings. The third kappa shape index (κ3) is 3.86. The second-order valence-corrected chi connectivity index (χ2v) is 6.46. The number of amides is 3. The van der Waals surface area contributed by atoms with Crippen LogP contribution in [0.5, 0.6) is 5.75 Å². The molecule has 2 aliphatic heterocycles. The van der Waals surface area contributed by atoms with Gasteiger partial charge in [0.15, 0.2) is 12.4 Å². The molecule has 0 saturated carbocycles. The van der Waals surface area contributed by atoms with Gasteiger partial charge in [0.2, 0.25) is 12.3 Å². The van der Waals surface area contributed by atoms with Gasteiger partial charge in [0.05, 0.1) is 5.69 Å². The zero-order chi connectivity index (χ0) is 19.4. The van der Waals surface area contributed by atoms with Crippen molar-refractivity contribution in [3.63, 3.8) is 0 Å². The Morgan fingerprint density at radius 1 is 1.41 bits per heavy atom. The monoisotopic (exact) mass is 374 g/mol. The minimum atomic E-state index is -0.259. The van der Waals surface area contributed by atoms with Crippen molar-refractivity contribution < 1.29 is 24.3 Å². The summed E-state index contributed by atoms with van der Waals surface area (Å²) in [6.45, 7) is 3.37. The van der Waals surface area contributed by atoms with E-state index in [0.29, 0.717) is 49.5 Å². The molecule has 1 saturated heterocycles. The molecule has 0 aliphatic carbocycles. The highest BCUT2D eigenvalue weighted by atomic mass is 16.5. The topological polar surface area (TPSA) is 112 Å². The number of benzene rings is 1. The van der Waals surface area contributed by atoms with E-state index < -0.39 is 0 Å². The summed E-state index contributed by atoms with van der Waals surface area (Å²) in [5, 5.41) is 15.3. The van der Waals surface area contributed by atoms with Crippen molar-refractivity contribution >= 4 is 29.7 Å². The number of oxime groups is 1. The highest BCUT2D eigenvalue weighted by molar-refractivity contribution is 6.09. The molecule has 0 bridgehead atoms. The summed E-state index contributed by atoms with van der Waals surface area (Å²) in [7, 11) is 0. The van der Waals surface area contributed by atoms with Gasteiger partial charge in [-0.15, -0.1) is 0 Å². The number of hydrogen-bond donors (Lipinski definition) is 2. The van der Waals surface area contributed by atoms with Crippen molar-refractivity contribution in [2.24, 2.45) is 11.1 Å². The summed E-state index contributed by atoms with van der Waals surface area (Å²) < 4.78 is 5.42. The van der Waals surface area contributed by atoms with Gasteiger partial charge in [-0.1, -0.05) is 5.16 Å². The normalized spacial score (nSPS) is 18.0. The first-order valence-corrected chi connectivity index (χ1v) is 8.87. The molecule has 3 rings (SSSR count). The summed E-state index contributed by atoms with van der Waals surface area (Å²) in [4.78, 5) is 38.5. The molecule has 0 aromatic heterocycles. The minimum absolute atomic E-state index is 0.00897. The van der Waals surface area contributed by atoms with Crippen LogP contribution in [0.2, 0.25) is 0 Å². The lowest BCUT2D eigenvalue weighted by molar-refractivity contribution is -0.127. The number of carbonyl (C=O) groups excluding carboxylic acids is 3. The van der Waals surface area contributed by atoms with Gasteiger partial charge in [0, 0.05) is 31.1 Å². The third-order valence-electron chi connectivity index (χ3n) is 4.88. The number of likely N-dealkylation sites (tertiary alicyclic amines) is 1. The Balaban J connectivity index is 1.75. The summed E-state index contributed by atoms with van der Waals surface area (Å²) in [5.41, 5.74) is 1.03. The number of ether oxygens (including phenoxy) is 1.